The lowest BCUT2D eigenvalue weighted by molar-refractivity contribution is 0.696. The molecule has 2 nitrogen and oxygen atoms in total. The molecule has 0 saturated carbocycles. The van der Waals surface area contributed by atoms with Crippen molar-refractivity contribution >= 4 is 28.4 Å². The Kier molecular flexibility index (Phi) is 7.09. The van der Waals surface area contributed by atoms with Crippen molar-refractivity contribution in [3.63, 3.8) is 0 Å². The van der Waals surface area contributed by atoms with E-state index >= 15 is 0 Å². The van der Waals surface area contributed by atoms with E-state index in [1.807, 2.05) is 0 Å². The Labute approximate surface area is 231 Å². The van der Waals surface area contributed by atoms with Crippen LogP contribution in [0.15, 0.2) is 163 Å². The van der Waals surface area contributed by atoms with Crippen molar-refractivity contribution in [3.8, 4) is 11.1 Å². The van der Waals surface area contributed by atoms with E-state index in [9.17, 15) is 0 Å². The number of para-hydroxylation sites is 3. The minimum atomic E-state index is 0.528. The number of anilines is 5. The van der Waals surface area contributed by atoms with Crippen LogP contribution in [0.3, 0.4) is 0 Å². The lowest BCUT2D eigenvalue weighted by atomic mass is 9.98. The second-order valence-electron chi connectivity index (χ2n) is 10.00. The van der Waals surface area contributed by atoms with Crippen LogP contribution in [0.25, 0.3) is 11.1 Å². The standard InChI is InChI=1S/C37H32N2/c1-29-12-11-19-37(28-29)39(34-17-9-4-10-18-34)36-26-22-31(23-27-36)30-20-24-35(25-21-30)38(32-13-5-2-6-14-32)33-15-7-3-8-16-33/h2-27,29H,28H2,1H3. The second-order valence-corrected chi connectivity index (χ2v) is 10.00. The normalized spacial score (nSPS) is 14.5. The van der Waals surface area contributed by atoms with Crippen LogP contribution in [0, 0.1) is 5.92 Å². The van der Waals surface area contributed by atoms with Gasteiger partial charge in [0.25, 0.3) is 0 Å². The number of allylic oxidation sites excluding steroid dienone is 4. The molecule has 190 valence electrons. The molecule has 0 radical (unpaired) electrons. The Morgan fingerprint density at radius 1 is 0.462 bits per heavy atom. The van der Waals surface area contributed by atoms with Crippen LogP contribution in [-0.2, 0) is 0 Å². The first kappa shape index (κ1) is 24.5. The van der Waals surface area contributed by atoms with Crippen LogP contribution >= 0.6 is 0 Å². The molecule has 0 spiro atoms. The highest BCUT2D eigenvalue weighted by Crippen LogP contribution is 2.37. The van der Waals surface area contributed by atoms with Gasteiger partial charge in [-0.2, -0.15) is 0 Å². The van der Waals surface area contributed by atoms with E-state index in [4.69, 9.17) is 0 Å². The summed E-state index contributed by atoms with van der Waals surface area (Å²) in [7, 11) is 0. The fraction of sp³-hybridized carbons (Fsp3) is 0.0811. The molecule has 0 bridgehead atoms. The van der Waals surface area contributed by atoms with Gasteiger partial charge in [0.05, 0.1) is 0 Å². The van der Waals surface area contributed by atoms with Crippen LogP contribution in [0.1, 0.15) is 13.3 Å². The zero-order valence-electron chi connectivity index (χ0n) is 22.2. The molecular weight excluding hydrogens is 472 g/mol. The molecule has 5 aromatic carbocycles. The molecular formula is C37H32N2. The van der Waals surface area contributed by atoms with Gasteiger partial charge in [0.1, 0.15) is 0 Å². The first-order chi connectivity index (χ1) is 19.3. The lowest BCUT2D eigenvalue weighted by Gasteiger charge is -2.30. The fourth-order valence-electron chi connectivity index (χ4n) is 5.25. The molecule has 5 aromatic rings. The van der Waals surface area contributed by atoms with E-state index in [1.54, 1.807) is 0 Å². The number of nitrogens with zero attached hydrogens (tertiary/aromatic N) is 2. The van der Waals surface area contributed by atoms with E-state index in [-0.39, 0.29) is 0 Å². The zero-order valence-corrected chi connectivity index (χ0v) is 22.2. The minimum Gasteiger partial charge on any atom is -0.314 e. The molecule has 0 N–H and O–H groups in total. The van der Waals surface area contributed by atoms with Gasteiger partial charge in [-0.1, -0.05) is 97.9 Å². The van der Waals surface area contributed by atoms with Gasteiger partial charge in [-0.25, -0.2) is 0 Å². The van der Waals surface area contributed by atoms with Gasteiger partial charge in [-0.15, -0.1) is 0 Å². The molecule has 0 aromatic heterocycles. The van der Waals surface area contributed by atoms with Crippen LogP contribution < -0.4 is 9.80 Å². The third-order valence-electron chi connectivity index (χ3n) is 7.17. The van der Waals surface area contributed by atoms with Crippen molar-refractivity contribution in [2.75, 3.05) is 9.80 Å². The summed E-state index contributed by atoms with van der Waals surface area (Å²) < 4.78 is 0. The maximum atomic E-state index is 2.38. The van der Waals surface area contributed by atoms with E-state index < -0.39 is 0 Å². The maximum Gasteiger partial charge on any atom is 0.0462 e. The molecule has 0 saturated heterocycles. The summed E-state index contributed by atoms with van der Waals surface area (Å²) in [6, 6.07) is 49.5. The smallest absolute Gasteiger partial charge is 0.0462 e. The number of hydrogen-bond donors (Lipinski definition) is 0. The Morgan fingerprint density at radius 2 is 0.846 bits per heavy atom. The van der Waals surface area contributed by atoms with Crippen LogP contribution in [0.4, 0.5) is 28.4 Å². The van der Waals surface area contributed by atoms with Crippen molar-refractivity contribution in [1.82, 2.24) is 0 Å². The summed E-state index contributed by atoms with van der Waals surface area (Å²) in [4.78, 5) is 4.67. The van der Waals surface area contributed by atoms with Gasteiger partial charge in [0.2, 0.25) is 0 Å². The summed E-state index contributed by atoms with van der Waals surface area (Å²) in [6.07, 6.45) is 7.72. The van der Waals surface area contributed by atoms with Crippen molar-refractivity contribution in [2.45, 2.75) is 13.3 Å². The zero-order chi connectivity index (χ0) is 26.4. The molecule has 1 aliphatic rings. The molecule has 0 amide bonds. The largest absolute Gasteiger partial charge is 0.314 e. The minimum absolute atomic E-state index is 0.528. The lowest BCUT2D eigenvalue weighted by Crippen LogP contribution is -2.19. The van der Waals surface area contributed by atoms with E-state index in [1.165, 1.54) is 28.2 Å². The van der Waals surface area contributed by atoms with E-state index in [0.717, 1.165) is 23.5 Å². The summed E-state index contributed by atoms with van der Waals surface area (Å²) in [5, 5.41) is 0. The molecule has 0 heterocycles. The Morgan fingerprint density at radius 3 is 1.28 bits per heavy atom. The van der Waals surface area contributed by atoms with Gasteiger partial charge >= 0.3 is 0 Å². The molecule has 39 heavy (non-hydrogen) atoms. The number of benzene rings is 5. The Hall–Kier alpha value is -4.82. The average Bonchev–Trinajstić information content (AvgIpc) is 3.00. The van der Waals surface area contributed by atoms with E-state index in [0.29, 0.717) is 5.92 Å². The highest BCUT2D eigenvalue weighted by atomic mass is 15.2. The van der Waals surface area contributed by atoms with Crippen LogP contribution in [0.2, 0.25) is 0 Å². The van der Waals surface area contributed by atoms with E-state index in [2.05, 4.69) is 174 Å². The summed E-state index contributed by atoms with van der Waals surface area (Å²) >= 11 is 0. The molecule has 1 unspecified atom stereocenters. The first-order valence-corrected chi connectivity index (χ1v) is 13.6. The van der Waals surface area contributed by atoms with Crippen molar-refractivity contribution in [1.29, 1.82) is 0 Å². The highest BCUT2D eigenvalue weighted by Gasteiger charge is 2.18. The summed E-state index contributed by atoms with van der Waals surface area (Å²) in [6.45, 7) is 2.27. The third-order valence-corrected chi connectivity index (χ3v) is 7.17. The van der Waals surface area contributed by atoms with Crippen molar-refractivity contribution in [2.24, 2.45) is 5.92 Å². The van der Waals surface area contributed by atoms with Crippen molar-refractivity contribution < 1.29 is 0 Å². The monoisotopic (exact) mass is 504 g/mol. The first-order valence-electron chi connectivity index (χ1n) is 13.6. The topological polar surface area (TPSA) is 6.48 Å². The van der Waals surface area contributed by atoms with Crippen LogP contribution in [0.5, 0.6) is 0 Å². The summed E-state index contributed by atoms with van der Waals surface area (Å²) in [5.74, 6) is 0.528. The summed E-state index contributed by atoms with van der Waals surface area (Å²) in [5.41, 5.74) is 9.50. The molecule has 1 aliphatic carbocycles. The Bertz CT molecular complexity index is 1510. The SMILES string of the molecule is CC1C=CC=C(N(c2ccccc2)c2ccc(-c3ccc(N(c4ccccc4)c4ccccc4)cc3)cc2)C1. The Balaban J connectivity index is 1.30. The molecule has 0 aliphatic heterocycles. The highest BCUT2D eigenvalue weighted by molar-refractivity contribution is 5.79. The van der Waals surface area contributed by atoms with Gasteiger partial charge in [0.15, 0.2) is 0 Å². The van der Waals surface area contributed by atoms with Gasteiger partial charge in [-0.3, -0.25) is 0 Å². The average molecular weight is 505 g/mol. The second kappa shape index (κ2) is 11.3. The third kappa shape index (κ3) is 5.42. The molecule has 2 heteroatoms. The molecule has 6 rings (SSSR count). The quantitative estimate of drug-likeness (QED) is 0.217. The van der Waals surface area contributed by atoms with Crippen molar-refractivity contribution in [3.05, 3.63) is 163 Å². The molecule has 1 atom stereocenters. The predicted octanol–water partition coefficient (Wildman–Crippen LogP) is 10.4. The van der Waals surface area contributed by atoms with Gasteiger partial charge in [0, 0.05) is 34.1 Å². The van der Waals surface area contributed by atoms with Gasteiger partial charge in [-0.05, 0) is 90.2 Å². The fourth-order valence-corrected chi connectivity index (χ4v) is 5.25. The number of rotatable bonds is 7. The number of hydrogen-bond acceptors (Lipinski definition) is 2. The molecule has 0 fully saturated rings. The van der Waals surface area contributed by atoms with Crippen LogP contribution in [-0.4, -0.2) is 0 Å². The van der Waals surface area contributed by atoms with Gasteiger partial charge < -0.3 is 9.80 Å². The predicted molar refractivity (Wildman–Crippen MR) is 166 cm³/mol. The maximum absolute atomic E-state index is 2.38.